The first-order valence-electron chi connectivity index (χ1n) is 7.50. The van der Waals surface area contributed by atoms with Gasteiger partial charge >= 0.3 is 5.97 Å². The van der Waals surface area contributed by atoms with E-state index < -0.39 is 5.60 Å². The summed E-state index contributed by atoms with van der Waals surface area (Å²) in [7, 11) is 0. The van der Waals surface area contributed by atoms with Crippen LogP contribution in [0.4, 0.5) is 5.69 Å². The summed E-state index contributed by atoms with van der Waals surface area (Å²) in [6, 6.07) is 5.52. The van der Waals surface area contributed by atoms with Gasteiger partial charge in [0, 0.05) is 24.7 Å². The Morgan fingerprint density at radius 1 is 1.30 bits per heavy atom. The fourth-order valence-electron chi connectivity index (χ4n) is 1.98. The largest absolute Gasteiger partial charge is 0.460 e. The van der Waals surface area contributed by atoms with Gasteiger partial charge in [0.1, 0.15) is 5.60 Å². The first-order valence-corrected chi connectivity index (χ1v) is 7.91. The minimum absolute atomic E-state index is 0.200. The van der Waals surface area contributed by atoms with Crippen LogP contribution < -0.4 is 20.1 Å². The van der Waals surface area contributed by atoms with Crippen LogP contribution in [-0.2, 0) is 9.53 Å². The Kier molecular flexibility index (Phi) is 5.65. The van der Waals surface area contributed by atoms with Gasteiger partial charge in [0.2, 0.25) is 6.79 Å². The number of ether oxygens (including phenoxy) is 3. The minimum Gasteiger partial charge on any atom is -0.460 e. The van der Waals surface area contributed by atoms with Crippen molar-refractivity contribution in [3.63, 3.8) is 0 Å². The molecule has 0 aromatic heterocycles. The van der Waals surface area contributed by atoms with Crippen molar-refractivity contribution in [2.45, 2.75) is 39.2 Å². The third-order valence-corrected chi connectivity index (χ3v) is 3.14. The average Bonchev–Trinajstić information content (AvgIpc) is 2.89. The molecule has 2 N–H and O–H groups in total. The van der Waals surface area contributed by atoms with Gasteiger partial charge in [0.15, 0.2) is 16.6 Å². The van der Waals surface area contributed by atoms with E-state index in [9.17, 15) is 4.79 Å². The summed E-state index contributed by atoms with van der Waals surface area (Å²) in [6.45, 7) is 6.40. The molecule has 1 aliphatic heterocycles. The van der Waals surface area contributed by atoms with E-state index in [2.05, 4.69) is 10.6 Å². The molecule has 6 nitrogen and oxygen atoms in total. The number of thiocarbonyl (C=S) groups is 1. The Balaban J connectivity index is 1.67. The molecule has 1 aliphatic rings. The maximum atomic E-state index is 11.6. The predicted molar refractivity (Wildman–Crippen MR) is 91.9 cm³/mol. The lowest BCUT2D eigenvalue weighted by Gasteiger charge is -2.19. The van der Waals surface area contributed by atoms with E-state index in [1.807, 2.05) is 39.0 Å². The summed E-state index contributed by atoms with van der Waals surface area (Å²) >= 11 is 5.22. The van der Waals surface area contributed by atoms with Crippen molar-refractivity contribution in [1.29, 1.82) is 0 Å². The number of esters is 1. The lowest BCUT2D eigenvalue weighted by molar-refractivity contribution is -0.154. The van der Waals surface area contributed by atoms with Crippen LogP contribution in [-0.4, -0.2) is 30.0 Å². The molecule has 7 heteroatoms. The fraction of sp³-hybridized carbons (Fsp3) is 0.500. The van der Waals surface area contributed by atoms with Crippen molar-refractivity contribution in [3.05, 3.63) is 18.2 Å². The van der Waals surface area contributed by atoms with Crippen LogP contribution in [0.5, 0.6) is 11.5 Å². The van der Waals surface area contributed by atoms with Crippen LogP contribution in [0.25, 0.3) is 0 Å². The van der Waals surface area contributed by atoms with Gasteiger partial charge in [-0.2, -0.15) is 0 Å². The number of carbonyl (C=O) groups excluding carboxylic acids is 1. The molecule has 0 fully saturated rings. The summed E-state index contributed by atoms with van der Waals surface area (Å²) in [6.07, 6.45) is 1.01. The third kappa shape index (κ3) is 5.94. The van der Waals surface area contributed by atoms with Crippen molar-refractivity contribution in [3.8, 4) is 11.5 Å². The van der Waals surface area contributed by atoms with Crippen LogP contribution in [0.2, 0.25) is 0 Å². The molecule has 23 heavy (non-hydrogen) atoms. The van der Waals surface area contributed by atoms with Gasteiger partial charge in [-0.1, -0.05) is 0 Å². The van der Waals surface area contributed by atoms with Crippen LogP contribution in [0.1, 0.15) is 33.6 Å². The number of benzene rings is 1. The zero-order chi connectivity index (χ0) is 16.9. The lowest BCUT2D eigenvalue weighted by Crippen LogP contribution is -2.30. The van der Waals surface area contributed by atoms with Crippen LogP contribution >= 0.6 is 12.2 Å². The summed E-state index contributed by atoms with van der Waals surface area (Å²) in [4.78, 5) is 11.6. The molecule has 1 aromatic rings. The quantitative estimate of drug-likeness (QED) is 0.486. The highest BCUT2D eigenvalue weighted by Crippen LogP contribution is 2.34. The van der Waals surface area contributed by atoms with E-state index in [1.165, 1.54) is 0 Å². The van der Waals surface area contributed by atoms with Gasteiger partial charge in [0.25, 0.3) is 0 Å². The average molecular weight is 338 g/mol. The Hall–Kier alpha value is -2.02. The number of hydrogen-bond donors (Lipinski definition) is 2. The molecule has 2 rings (SSSR count). The molecule has 1 heterocycles. The number of carbonyl (C=O) groups is 1. The van der Waals surface area contributed by atoms with Gasteiger partial charge < -0.3 is 24.8 Å². The Morgan fingerprint density at radius 3 is 2.78 bits per heavy atom. The fourth-order valence-corrected chi connectivity index (χ4v) is 2.20. The monoisotopic (exact) mass is 338 g/mol. The van der Waals surface area contributed by atoms with Crippen LogP contribution in [0, 0.1) is 0 Å². The van der Waals surface area contributed by atoms with Crippen molar-refractivity contribution < 1.29 is 19.0 Å². The van der Waals surface area contributed by atoms with Crippen molar-refractivity contribution in [2.24, 2.45) is 0 Å². The smallest absolute Gasteiger partial charge is 0.306 e. The SMILES string of the molecule is CC(C)(C)OC(=O)CCCNC(=S)Nc1ccc2c(c1)OCO2. The van der Waals surface area contributed by atoms with Gasteiger partial charge in [-0.3, -0.25) is 4.79 Å². The van der Waals surface area contributed by atoms with Gasteiger partial charge in [-0.25, -0.2) is 0 Å². The van der Waals surface area contributed by atoms with Gasteiger partial charge in [-0.15, -0.1) is 0 Å². The van der Waals surface area contributed by atoms with Crippen molar-refractivity contribution in [1.82, 2.24) is 5.32 Å². The standard InChI is InChI=1S/C16H22N2O4S/c1-16(2,3)22-14(19)5-4-8-17-15(23)18-11-6-7-12-13(9-11)21-10-20-12/h6-7,9H,4-5,8,10H2,1-3H3,(H2,17,18,23). The molecule has 0 amide bonds. The second-order valence-electron chi connectivity index (χ2n) is 6.14. The second-order valence-corrected chi connectivity index (χ2v) is 6.55. The molecule has 0 aliphatic carbocycles. The maximum absolute atomic E-state index is 11.6. The topological polar surface area (TPSA) is 68.8 Å². The molecule has 126 valence electrons. The number of hydrogen-bond acceptors (Lipinski definition) is 5. The lowest BCUT2D eigenvalue weighted by atomic mass is 10.2. The predicted octanol–water partition coefficient (Wildman–Crippen LogP) is 2.82. The van der Waals surface area contributed by atoms with E-state index in [4.69, 9.17) is 26.4 Å². The molecular formula is C16H22N2O4S. The van der Waals surface area contributed by atoms with Gasteiger partial charge in [0.05, 0.1) is 0 Å². The zero-order valence-electron chi connectivity index (χ0n) is 13.6. The zero-order valence-corrected chi connectivity index (χ0v) is 14.4. The van der Waals surface area contributed by atoms with E-state index >= 15 is 0 Å². The molecule has 0 atom stereocenters. The summed E-state index contributed by atoms with van der Waals surface area (Å²) in [5, 5.41) is 6.62. The summed E-state index contributed by atoms with van der Waals surface area (Å²) < 4.78 is 15.8. The number of nitrogens with one attached hydrogen (secondary N) is 2. The normalized spacial score (nSPS) is 12.7. The molecule has 0 bridgehead atoms. The van der Waals surface area contributed by atoms with Crippen LogP contribution in [0.3, 0.4) is 0 Å². The molecule has 0 radical (unpaired) electrons. The number of rotatable bonds is 5. The Morgan fingerprint density at radius 2 is 2.04 bits per heavy atom. The first-order chi connectivity index (χ1) is 10.8. The highest BCUT2D eigenvalue weighted by Gasteiger charge is 2.16. The highest BCUT2D eigenvalue weighted by molar-refractivity contribution is 7.80. The van der Waals surface area contributed by atoms with E-state index in [-0.39, 0.29) is 12.8 Å². The summed E-state index contributed by atoms with van der Waals surface area (Å²) in [5.74, 6) is 1.23. The number of anilines is 1. The van der Waals surface area contributed by atoms with Crippen LogP contribution in [0.15, 0.2) is 18.2 Å². The summed E-state index contributed by atoms with van der Waals surface area (Å²) in [5.41, 5.74) is 0.375. The third-order valence-electron chi connectivity index (χ3n) is 2.89. The van der Waals surface area contributed by atoms with E-state index in [0.717, 1.165) is 11.4 Å². The Bertz CT molecular complexity index is 584. The molecule has 0 saturated carbocycles. The molecule has 1 aromatic carbocycles. The second kappa shape index (κ2) is 7.50. The first kappa shape index (κ1) is 17.3. The van der Waals surface area contributed by atoms with E-state index in [1.54, 1.807) is 0 Å². The molecule has 0 saturated heterocycles. The maximum Gasteiger partial charge on any atom is 0.306 e. The molecule has 0 unspecified atom stereocenters. The van der Waals surface area contributed by atoms with E-state index in [0.29, 0.717) is 30.2 Å². The highest BCUT2D eigenvalue weighted by atomic mass is 32.1. The minimum atomic E-state index is -0.444. The molecular weight excluding hydrogens is 316 g/mol. The Labute approximate surface area is 141 Å². The van der Waals surface area contributed by atoms with Gasteiger partial charge in [-0.05, 0) is 51.5 Å². The van der Waals surface area contributed by atoms with Crippen molar-refractivity contribution in [2.75, 3.05) is 18.7 Å². The number of fused-ring (bicyclic) bond motifs is 1. The van der Waals surface area contributed by atoms with Crippen molar-refractivity contribution >= 4 is 29.0 Å². The molecule has 0 spiro atoms.